The van der Waals surface area contributed by atoms with Gasteiger partial charge in [-0.2, -0.15) is 0 Å². The van der Waals surface area contributed by atoms with E-state index in [4.69, 9.17) is 51.6 Å². The van der Waals surface area contributed by atoms with Gasteiger partial charge in [0.1, 0.15) is 66.5 Å². The fourth-order valence-corrected chi connectivity index (χ4v) is 11.0. The number of carboxylic acid groups (broad SMARTS) is 3. The van der Waals surface area contributed by atoms with Gasteiger partial charge in [0, 0.05) is 45.4 Å². The van der Waals surface area contributed by atoms with E-state index < -0.39 is 212 Å². The number of unbranched alkanes of at least 4 members (excludes halogenated alkanes) is 1. The molecule has 0 unspecified atom stereocenters. The predicted octanol–water partition coefficient (Wildman–Crippen LogP) is -9.21. The summed E-state index contributed by atoms with van der Waals surface area (Å²) < 4.78 is 0. The molecule has 1 aromatic rings. The molecular weight excluding hydrogens is 1420 g/mol. The molecule has 1 aliphatic rings. The number of aliphatic imine (C=N–C) groups is 3. The van der Waals surface area contributed by atoms with Crippen LogP contribution in [0.3, 0.4) is 0 Å². The summed E-state index contributed by atoms with van der Waals surface area (Å²) in [5.74, 6) is -18.8. The SMILES string of the molecule is CC[C@H](C)[C@H](NC(=O)[C@H](CO)NC(=O)[C@H](CCCN=C(N)N)NC(=O)[C@H](CCCN=C(N)N)NC(=O)[C@H](CCC(=O)O)NC(=O)[C@H](CCC(=O)O)NC(=O)[C@@H](N)CC(N)=O)C(=O)N[C@@H](Cc1ccccc1)C(=O)N[C@H](C(=O)N[C@@H](CCCN=C(N)N)C(=O)N[C@@H](CCCCN)C(=O)N1CCC[C@H]1C(=O)O)[C@@H](C)O. The monoisotopic (exact) mass is 1530 g/mol. The van der Waals surface area contributed by atoms with Gasteiger partial charge < -0.3 is 135 Å². The molecule has 1 saturated heterocycles. The Balaban J connectivity index is 2.60. The van der Waals surface area contributed by atoms with Crippen molar-refractivity contribution in [3.63, 3.8) is 0 Å². The van der Waals surface area contributed by atoms with Gasteiger partial charge in [0.25, 0.3) is 0 Å². The fraction of sp³-hybridized carbons (Fsp3) is 0.631. The van der Waals surface area contributed by atoms with Gasteiger partial charge in [0.05, 0.1) is 25.2 Å². The van der Waals surface area contributed by atoms with Crippen LogP contribution < -0.4 is 105 Å². The zero-order valence-corrected chi connectivity index (χ0v) is 60.8. The molecule has 0 aromatic heterocycles. The Kier molecular flexibility index (Phi) is 42.1. The van der Waals surface area contributed by atoms with Crippen LogP contribution >= 0.6 is 0 Å². The molecule has 2 rings (SSSR count). The highest BCUT2D eigenvalue weighted by Crippen LogP contribution is 2.21. The molecule has 604 valence electrons. The maximum atomic E-state index is 14.7. The van der Waals surface area contributed by atoms with E-state index in [-0.39, 0.29) is 115 Å². The average molecular weight is 1530 g/mol. The molecule has 1 fully saturated rings. The second-order valence-electron chi connectivity index (χ2n) is 25.8. The number of nitrogens with one attached hydrogen (secondary N) is 10. The third-order valence-corrected chi connectivity index (χ3v) is 17.0. The molecule has 1 aromatic carbocycles. The molecule has 1 heterocycles. The Morgan fingerprint density at radius 2 is 0.870 bits per heavy atom. The third-order valence-electron chi connectivity index (χ3n) is 17.0. The molecule has 1 aliphatic heterocycles. The van der Waals surface area contributed by atoms with Gasteiger partial charge in [-0.25, -0.2) is 4.79 Å². The Bertz CT molecular complexity index is 3300. The fourth-order valence-electron chi connectivity index (χ4n) is 11.0. The number of likely N-dealkylation sites (tertiary alicyclic amines) is 1. The number of aliphatic carboxylic acids is 3. The maximum Gasteiger partial charge on any atom is 0.326 e. The number of primary amides is 1. The Hall–Kier alpha value is -11.1. The van der Waals surface area contributed by atoms with Gasteiger partial charge in [-0.15, -0.1) is 0 Å². The van der Waals surface area contributed by atoms with Gasteiger partial charge in [-0.3, -0.25) is 82.1 Å². The van der Waals surface area contributed by atoms with Gasteiger partial charge in [0.15, 0.2) is 17.9 Å². The van der Waals surface area contributed by atoms with Crippen molar-refractivity contribution in [2.45, 2.75) is 215 Å². The van der Waals surface area contributed by atoms with Crippen LogP contribution in [-0.4, -0.2) is 255 Å². The summed E-state index contributed by atoms with van der Waals surface area (Å²) in [7, 11) is 0. The lowest BCUT2D eigenvalue weighted by atomic mass is 9.96. The van der Waals surface area contributed by atoms with E-state index in [9.17, 15) is 97.5 Å². The van der Waals surface area contributed by atoms with E-state index >= 15 is 0 Å². The van der Waals surface area contributed by atoms with Crippen molar-refractivity contribution >= 4 is 107 Å². The van der Waals surface area contributed by atoms with E-state index in [1.165, 1.54) is 0 Å². The number of aliphatic hydroxyl groups excluding tert-OH is 2. The number of carboxylic acids is 3. The first-order valence-electron chi connectivity index (χ1n) is 35.2. The number of nitrogens with two attached hydrogens (primary N) is 9. The van der Waals surface area contributed by atoms with Gasteiger partial charge in [-0.05, 0) is 108 Å². The first-order chi connectivity index (χ1) is 50.9. The summed E-state index contributed by atoms with van der Waals surface area (Å²) >= 11 is 0. The van der Waals surface area contributed by atoms with Crippen molar-refractivity contribution in [1.29, 1.82) is 0 Å². The first-order valence-corrected chi connectivity index (χ1v) is 35.2. The summed E-state index contributed by atoms with van der Waals surface area (Å²) in [5.41, 5.74) is 50.2. The molecule has 33 N–H and O–H groups in total. The third kappa shape index (κ3) is 34.9. The number of carbonyl (C=O) groups is 15. The Morgan fingerprint density at radius 3 is 1.28 bits per heavy atom. The highest BCUT2D eigenvalue weighted by molar-refractivity contribution is 6.00. The lowest BCUT2D eigenvalue weighted by Crippen LogP contribution is -2.63. The lowest BCUT2D eigenvalue weighted by molar-refractivity contribution is -0.149. The normalized spacial score (nSPS) is 16.0. The van der Waals surface area contributed by atoms with Crippen LogP contribution in [0.2, 0.25) is 0 Å². The van der Waals surface area contributed by atoms with Crippen molar-refractivity contribution in [3.05, 3.63) is 35.9 Å². The smallest absolute Gasteiger partial charge is 0.326 e. The summed E-state index contributed by atoms with van der Waals surface area (Å²) in [6.07, 6.45) is -4.90. The van der Waals surface area contributed by atoms with Crippen LogP contribution in [0.1, 0.15) is 135 Å². The first kappa shape index (κ1) is 93.0. The van der Waals surface area contributed by atoms with E-state index in [0.29, 0.717) is 24.8 Å². The number of nitrogens with zero attached hydrogens (tertiary/aromatic N) is 4. The summed E-state index contributed by atoms with van der Waals surface area (Å²) in [4.78, 5) is 216. The molecule has 0 saturated carbocycles. The molecular formula is C65H109N23O20. The van der Waals surface area contributed by atoms with E-state index in [1.54, 1.807) is 44.2 Å². The quantitative estimate of drug-likeness (QED) is 0.0164. The highest BCUT2D eigenvalue weighted by atomic mass is 16.4. The summed E-state index contributed by atoms with van der Waals surface area (Å²) in [6, 6.07) is -11.4. The highest BCUT2D eigenvalue weighted by Gasteiger charge is 2.41. The largest absolute Gasteiger partial charge is 0.481 e. The predicted molar refractivity (Wildman–Crippen MR) is 388 cm³/mol. The number of hydrogen-bond acceptors (Lipinski definition) is 22. The van der Waals surface area contributed by atoms with E-state index in [2.05, 4.69) is 68.1 Å². The van der Waals surface area contributed by atoms with E-state index in [0.717, 1.165) is 11.8 Å². The van der Waals surface area contributed by atoms with Crippen LogP contribution in [0.15, 0.2) is 45.3 Å². The van der Waals surface area contributed by atoms with Crippen molar-refractivity contribution in [1.82, 2.24) is 58.1 Å². The minimum atomic E-state index is -1.92. The van der Waals surface area contributed by atoms with Crippen LogP contribution in [0.4, 0.5) is 0 Å². The van der Waals surface area contributed by atoms with Crippen LogP contribution in [0.25, 0.3) is 0 Å². The Morgan fingerprint density at radius 1 is 0.491 bits per heavy atom. The van der Waals surface area contributed by atoms with Crippen LogP contribution in [0, 0.1) is 5.92 Å². The number of guanidine groups is 3. The summed E-state index contributed by atoms with van der Waals surface area (Å²) in [6.45, 7) is 3.19. The zero-order valence-electron chi connectivity index (χ0n) is 60.8. The minimum absolute atomic E-state index is 0.0358. The second kappa shape index (κ2) is 48.9. The average Bonchev–Trinajstić information content (AvgIpc) is 1.59. The van der Waals surface area contributed by atoms with Crippen molar-refractivity contribution in [3.8, 4) is 0 Å². The summed E-state index contributed by atoms with van der Waals surface area (Å²) in [5, 5.41) is 75.1. The lowest BCUT2D eigenvalue weighted by Gasteiger charge is -2.30. The number of amides is 12. The van der Waals surface area contributed by atoms with Gasteiger partial charge in [-0.1, -0.05) is 50.6 Å². The van der Waals surface area contributed by atoms with Crippen LogP contribution in [0.5, 0.6) is 0 Å². The van der Waals surface area contributed by atoms with Crippen LogP contribution in [-0.2, 0) is 78.3 Å². The molecule has 43 heteroatoms. The molecule has 0 aliphatic carbocycles. The second-order valence-corrected chi connectivity index (χ2v) is 25.8. The zero-order chi connectivity index (χ0) is 81.3. The number of carbonyl (C=O) groups excluding carboxylic acids is 12. The van der Waals surface area contributed by atoms with Crippen molar-refractivity contribution < 1.29 is 97.5 Å². The van der Waals surface area contributed by atoms with Gasteiger partial charge in [0.2, 0.25) is 70.9 Å². The number of aliphatic hydroxyl groups is 2. The number of hydrogen-bond donors (Lipinski definition) is 24. The molecule has 14 atom stereocenters. The molecule has 43 nitrogen and oxygen atoms in total. The molecule has 0 radical (unpaired) electrons. The standard InChI is InChI=1S/C65H109N23O20/c1-4-33(2)49(59(104)84-43(30-35-14-6-5-7-15-35)57(102)87-50(34(3)90)60(105)82-39(19-12-28-77-65(73)74)53(98)83-42(16-8-9-25-66)61(106)88-29-13-20-45(88)62(107)108)86-58(103)44(32-89)85-54(99)38(18-11-27-76-64(71)72)79-52(97)37(17-10-26-75-63(69)70)80-56(101)41(22-24-48(94)95)81-55(100)40(21-23-47(92)93)78-51(96)36(67)31-46(68)91/h5-7,14-15,33-34,36-45,49-50,89-90H,4,8-13,16-32,66-67H2,1-3H3,(H2,68,91)(H,78,96)(H,79,97)(H,80,101)(H,81,100)(H,82,105)(H,83,98)(H,84,104)(H,85,99)(H,86,103)(H,87,102)(H,92,93)(H,94,95)(H,107,108)(H4,69,70,75)(H4,71,72,76)(H4,73,74,77)/t33-,34+,36-,37-,38-,39-,40-,41-,42-,43-,44-,45-,49-,50-/m0/s1. The minimum Gasteiger partial charge on any atom is -0.481 e. The Labute approximate surface area is 622 Å². The van der Waals surface area contributed by atoms with Crippen molar-refractivity contribution in [2.24, 2.45) is 72.5 Å². The van der Waals surface area contributed by atoms with E-state index in [1.807, 2.05) is 0 Å². The topological polar surface area (TPSA) is 752 Å². The molecule has 12 amide bonds. The maximum absolute atomic E-state index is 14.7. The number of benzene rings is 1. The van der Waals surface area contributed by atoms with Gasteiger partial charge >= 0.3 is 17.9 Å². The molecule has 0 spiro atoms. The number of rotatable bonds is 52. The van der Waals surface area contributed by atoms with Crippen molar-refractivity contribution in [2.75, 3.05) is 39.3 Å². The molecule has 108 heavy (non-hydrogen) atoms. The molecule has 0 bridgehead atoms.